The van der Waals surface area contributed by atoms with Crippen molar-refractivity contribution in [3.05, 3.63) is 66.5 Å². The van der Waals surface area contributed by atoms with Crippen LogP contribution >= 0.6 is 0 Å². The first kappa shape index (κ1) is 23.7. The van der Waals surface area contributed by atoms with Crippen LogP contribution in [0.15, 0.2) is 65.3 Å². The molecule has 2 saturated heterocycles. The lowest BCUT2D eigenvalue weighted by atomic mass is 9.92. The monoisotopic (exact) mass is 522 g/mol. The molecule has 1 aromatic carbocycles. The number of aromatic nitrogens is 4. The number of urea groups is 1. The molecule has 0 radical (unpaired) electrons. The minimum Gasteiger partial charge on any atom is -0.439 e. The van der Waals surface area contributed by atoms with E-state index in [1.807, 2.05) is 6.07 Å². The second-order valence-electron chi connectivity index (χ2n) is 8.79. The summed E-state index contributed by atoms with van der Waals surface area (Å²) in [5, 5.41) is 21.4. The van der Waals surface area contributed by atoms with E-state index in [1.54, 1.807) is 53.4 Å². The first-order chi connectivity index (χ1) is 19.0. The molecule has 0 saturated carbocycles. The number of carbonyl (C=O) groups is 3. The number of amides is 4. The third-order valence-corrected chi connectivity index (χ3v) is 6.48. The number of hydrogen-bond acceptors (Lipinski definition) is 11. The number of ether oxygens (including phenoxy) is 1. The summed E-state index contributed by atoms with van der Waals surface area (Å²) in [5.41, 5.74) is 0.623. The molecule has 13 heteroatoms. The van der Waals surface area contributed by atoms with E-state index in [4.69, 9.17) is 14.4 Å². The van der Waals surface area contributed by atoms with E-state index < -0.39 is 23.4 Å². The van der Waals surface area contributed by atoms with Gasteiger partial charge in [-0.3, -0.25) is 20.2 Å². The fraction of sp³-hybridized carbons (Fsp3) is 0.154. The molecule has 1 spiro atoms. The molecule has 4 aromatic rings. The Labute approximate surface area is 220 Å². The van der Waals surface area contributed by atoms with E-state index in [-0.39, 0.29) is 12.3 Å². The molecule has 13 nitrogen and oxygen atoms in total. The Morgan fingerprint density at radius 1 is 0.923 bits per heavy atom. The quantitative estimate of drug-likeness (QED) is 0.368. The number of barbiturate groups is 1. The van der Waals surface area contributed by atoms with E-state index in [1.165, 1.54) is 12.4 Å². The van der Waals surface area contributed by atoms with Gasteiger partial charge in [-0.1, -0.05) is 0 Å². The van der Waals surface area contributed by atoms with Crippen molar-refractivity contribution < 1.29 is 23.5 Å². The average molecular weight is 522 g/mol. The van der Waals surface area contributed by atoms with Crippen LogP contribution in [0.4, 0.5) is 10.5 Å². The molecular formula is C26H18N8O5. The van der Waals surface area contributed by atoms with Crippen LogP contribution in [-0.4, -0.2) is 50.1 Å². The fourth-order valence-corrected chi connectivity index (χ4v) is 4.60. The van der Waals surface area contributed by atoms with E-state index in [9.17, 15) is 14.4 Å². The van der Waals surface area contributed by atoms with Crippen LogP contribution in [0, 0.1) is 11.3 Å². The number of benzene rings is 1. The second kappa shape index (κ2) is 9.34. The minimum absolute atomic E-state index is 0.230. The summed E-state index contributed by atoms with van der Waals surface area (Å²) < 4.78 is 11.6. The molecule has 3 aromatic heterocycles. The van der Waals surface area contributed by atoms with Gasteiger partial charge in [0.05, 0.1) is 17.4 Å². The maximum Gasteiger partial charge on any atom is 0.328 e. The first-order valence-electron chi connectivity index (χ1n) is 11.9. The lowest BCUT2D eigenvalue weighted by Gasteiger charge is -2.38. The lowest BCUT2D eigenvalue weighted by molar-refractivity contribution is -0.137. The maximum absolute atomic E-state index is 12.6. The van der Waals surface area contributed by atoms with Crippen LogP contribution in [0.2, 0.25) is 0 Å². The largest absolute Gasteiger partial charge is 0.439 e. The zero-order valence-corrected chi connectivity index (χ0v) is 20.1. The molecule has 192 valence electrons. The van der Waals surface area contributed by atoms with Crippen molar-refractivity contribution in [3.8, 4) is 40.7 Å². The standard InChI is InChI=1S/C26H18N8O5/c27-12-15-2-8-19(28-13-15)22-33-32-21(39-22)16-3-6-18(7-4-16)38-20-9-5-17(14-29-20)34-11-1-10-26(34)23(35)30-25(37)31-24(26)36/h2-9,13-14H,1,10-11H2,(H2,30,31,35,36,37). The van der Waals surface area contributed by atoms with E-state index in [0.29, 0.717) is 53.0 Å². The Kier molecular flexibility index (Phi) is 5.69. The highest BCUT2D eigenvalue weighted by Gasteiger charge is 2.57. The van der Waals surface area contributed by atoms with Crippen molar-refractivity contribution in [2.75, 3.05) is 11.4 Å². The van der Waals surface area contributed by atoms with Crippen LogP contribution in [0.5, 0.6) is 11.6 Å². The highest BCUT2D eigenvalue weighted by Crippen LogP contribution is 2.36. The molecule has 2 fully saturated rings. The van der Waals surface area contributed by atoms with Gasteiger partial charge in [0.1, 0.15) is 17.5 Å². The fourth-order valence-electron chi connectivity index (χ4n) is 4.60. The van der Waals surface area contributed by atoms with Crippen LogP contribution in [-0.2, 0) is 9.59 Å². The molecule has 0 aliphatic carbocycles. The Morgan fingerprint density at radius 3 is 2.36 bits per heavy atom. The van der Waals surface area contributed by atoms with Gasteiger partial charge >= 0.3 is 6.03 Å². The molecule has 4 amide bonds. The number of pyridine rings is 2. The molecule has 6 rings (SSSR count). The van der Waals surface area contributed by atoms with Crippen molar-refractivity contribution in [2.24, 2.45) is 0 Å². The summed E-state index contributed by atoms with van der Waals surface area (Å²) in [6, 6.07) is 14.7. The van der Waals surface area contributed by atoms with Gasteiger partial charge in [0.25, 0.3) is 17.7 Å². The predicted molar refractivity (Wildman–Crippen MR) is 133 cm³/mol. The smallest absolute Gasteiger partial charge is 0.328 e. The Bertz CT molecular complexity index is 1600. The van der Waals surface area contributed by atoms with Crippen LogP contribution in [0.25, 0.3) is 23.0 Å². The molecule has 2 aliphatic heterocycles. The molecular weight excluding hydrogens is 504 g/mol. The number of nitrogens with one attached hydrogen (secondary N) is 2. The summed E-state index contributed by atoms with van der Waals surface area (Å²) in [5.74, 6) is 0.0522. The molecule has 39 heavy (non-hydrogen) atoms. The Hall–Kier alpha value is -5.64. The van der Waals surface area contributed by atoms with E-state index in [0.717, 1.165) is 0 Å². The summed E-state index contributed by atoms with van der Waals surface area (Å²) in [6.45, 7) is 0.455. The second-order valence-corrected chi connectivity index (χ2v) is 8.79. The zero-order chi connectivity index (χ0) is 27.0. The minimum atomic E-state index is -1.49. The summed E-state index contributed by atoms with van der Waals surface area (Å²) >= 11 is 0. The number of anilines is 1. The zero-order valence-electron chi connectivity index (χ0n) is 20.1. The highest BCUT2D eigenvalue weighted by molar-refractivity contribution is 6.24. The number of rotatable bonds is 5. The average Bonchev–Trinajstić information content (AvgIpc) is 3.62. The molecule has 2 aliphatic rings. The highest BCUT2D eigenvalue weighted by atomic mass is 16.5. The van der Waals surface area contributed by atoms with Crippen molar-refractivity contribution >= 4 is 23.5 Å². The van der Waals surface area contributed by atoms with Crippen molar-refractivity contribution in [3.63, 3.8) is 0 Å². The molecule has 2 N–H and O–H groups in total. The van der Waals surface area contributed by atoms with Crippen molar-refractivity contribution in [1.82, 2.24) is 30.8 Å². The van der Waals surface area contributed by atoms with Crippen LogP contribution in [0.1, 0.15) is 18.4 Å². The Morgan fingerprint density at radius 2 is 1.69 bits per heavy atom. The van der Waals surface area contributed by atoms with Gasteiger partial charge in [-0.25, -0.2) is 14.8 Å². The maximum atomic E-state index is 12.6. The molecule has 0 unspecified atom stereocenters. The molecule has 5 heterocycles. The van der Waals surface area contributed by atoms with E-state index in [2.05, 4.69) is 30.8 Å². The summed E-state index contributed by atoms with van der Waals surface area (Å²) in [4.78, 5) is 47.0. The summed E-state index contributed by atoms with van der Waals surface area (Å²) in [7, 11) is 0. The van der Waals surface area contributed by atoms with Crippen LogP contribution < -0.4 is 20.3 Å². The normalized spacial score (nSPS) is 16.1. The number of nitrogens with zero attached hydrogens (tertiary/aromatic N) is 6. The summed E-state index contributed by atoms with van der Waals surface area (Å²) in [6.07, 6.45) is 3.84. The van der Waals surface area contributed by atoms with Crippen molar-refractivity contribution in [1.29, 1.82) is 5.26 Å². The van der Waals surface area contributed by atoms with Gasteiger partial charge in [0.15, 0.2) is 5.54 Å². The first-order valence-corrected chi connectivity index (χ1v) is 11.9. The topological polar surface area (TPSA) is 176 Å². The van der Waals surface area contributed by atoms with Gasteiger partial charge in [-0.15, -0.1) is 10.2 Å². The number of imide groups is 2. The number of carbonyl (C=O) groups excluding carboxylic acids is 3. The van der Waals surface area contributed by atoms with Gasteiger partial charge in [-0.2, -0.15) is 5.26 Å². The molecule has 0 atom stereocenters. The van der Waals surface area contributed by atoms with Crippen molar-refractivity contribution in [2.45, 2.75) is 18.4 Å². The predicted octanol–water partition coefficient (Wildman–Crippen LogP) is 2.56. The van der Waals surface area contributed by atoms with Gasteiger partial charge in [0, 0.05) is 24.4 Å². The third kappa shape index (κ3) is 4.19. The SMILES string of the molecule is N#Cc1ccc(-c2nnc(-c3ccc(Oc4ccc(N5CCCC56C(=O)NC(=O)NC6=O)cn4)cc3)o2)nc1. The number of nitriles is 1. The van der Waals surface area contributed by atoms with Crippen LogP contribution in [0.3, 0.4) is 0 Å². The lowest BCUT2D eigenvalue weighted by Crippen LogP contribution is -2.71. The Balaban J connectivity index is 1.14. The van der Waals surface area contributed by atoms with Gasteiger partial charge in [0.2, 0.25) is 11.8 Å². The van der Waals surface area contributed by atoms with Gasteiger partial charge < -0.3 is 14.1 Å². The molecule has 0 bridgehead atoms. The third-order valence-electron chi connectivity index (χ3n) is 6.48. The van der Waals surface area contributed by atoms with Gasteiger partial charge in [-0.05, 0) is 55.3 Å². The van der Waals surface area contributed by atoms with E-state index >= 15 is 0 Å². The number of hydrogen-bond donors (Lipinski definition) is 2.